The molecule has 1 aliphatic rings. The van der Waals surface area contributed by atoms with Gasteiger partial charge in [0.15, 0.2) is 0 Å². The minimum Gasteiger partial charge on any atom is -0.384 e. The highest BCUT2D eigenvalue weighted by Crippen LogP contribution is 2.30. The fourth-order valence-corrected chi connectivity index (χ4v) is 5.52. The first-order valence-electron chi connectivity index (χ1n) is 9.57. The van der Waals surface area contributed by atoms with Gasteiger partial charge in [-0.05, 0) is 36.6 Å². The number of thioether (sulfide) groups is 1. The molecule has 2 atom stereocenters. The van der Waals surface area contributed by atoms with Crippen LogP contribution in [0.4, 0.5) is 10.5 Å². The third-order valence-corrected chi connectivity index (χ3v) is 7.03. The number of thiazole rings is 1. The zero-order valence-corrected chi connectivity index (χ0v) is 17.7. The summed E-state index contributed by atoms with van der Waals surface area (Å²) in [5, 5.41) is 13.7. The molecule has 5 nitrogen and oxygen atoms in total. The third kappa shape index (κ3) is 4.63. The van der Waals surface area contributed by atoms with E-state index >= 15 is 0 Å². The molecule has 1 saturated heterocycles. The minimum atomic E-state index is -0.719. The van der Waals surface area contributed by atoms with E-state index < -0.39 is 6.10 Å². The van der Waals surface area contributed by atoms with Crippen LogP contribution in [0.5, 0.6) is 0 Å². The van der Waals surface area contributed by atoms with Crippen LogP contribution >= 0.6 is 23.1 Å². The summed E-state index contributed by atoms with van der Waals surface area (Å²) in [5.41, 5.74) is 2.43. The minimum absolute atomic E-state index is 0.0835. The van der Waals surface area contributed by atoms with Crippen LogP contribution in [0, 0.1) is 6.92 Å². The molecule has 4 rings (SSSR count). The molecule has 2 aromatic carbocycles. The fraction of sp³-hybridized carbons (Fsp3) is 0.273. The zero-order valence-electron chi connectivity index (χ0n) is 16.1. The number of aromatic nitrogens is 1. The van der Waals surface area contributed by atoms with Crippen molar-refractivity contribution in [1.82, 2.24) is 10.3 Å². The van der Waals surface area contributed by atoms with Crippen molar-refractivity contribution >= 4 is 34.8 Å². The molecule has 29 heavy (non-hydrogen) atoms. The number of nitrogens with zero attached hydrogens (tertiary/aromatic N) is 2. The second kappa shape index (κ2) is 8.98. The number of aliphatic hydroxyl groups excluding tert-OH is 1. The van der Waals surface area contributed by atoms with E-state index in [9.17, 15) is 9.90 Å². The number of amides is 2. The van der Waals surface area contributed by atoms with Crippen LogP contribution in [0.2, 0.25) is 0 Å². The number of aliphatic hydroxyl groups is 1. The lowest BCUT2D eigenvalue weighted by atomic mass is 10.0. The Morgan fingerprint density at radius 1 is 1.24 bits per heavy atom. The summed E-state index contributed by atoms with van der Waals surface area (Å²) < 4.78 is 1.07. The quantitative estimate of drug-likeness (QED) is 0.543. The lowest BCUT2D eigenvalue weighted by molar-refractivity contribution is 0.220. The van der Waals surface area contributed by atoms with Crippen molar-refractivity contribution in [3.63, 3.8) is 0 Å². The average Bonchev–Trinajstić information content (AvgIpc) is 3.33. The van der Waals surface area contributed by atoms with Gasteiger partial charge in [0.2, 0.25) is 0 Å². The predicted octanol–water partition coefficient (Wildman–Crippen LogP) is 4.61. The van der Waals surface area contributed by atoms with Crippen LogP contribution in [-0.2, 0) is 0 Å². The molecule has 1 aromatic heterocycles. The number of nitrogens with one attached hydrogen (secondary N) is 1. The van der Waals surface area contributed by atoms with Crippen molar-refractivity contribution in [3.8, 4) is 0 Å². The van der Waals surface area contributed by atoms with Crippen molar-refractivity contribution in [2.45, 2.75) is 29.8 Å². The molecule has 2 heterocycles. The van der Waals surface area contributed by atoms with E-state index in [1.54, 1.807) is 23.1 Å². The molecule has 0 saturated carbocycles. The van der Waals surface area contributed by atoms with E-state index in [2.05, 4.69) is 17.2 Å². The van der Waals surface area contributed by atoms with Gasteiger partial charge in [0.05, 0.1) is 6.04 Å². The van der Waals surface area contributed by atoms with Gasteiger partial charge in [-0.15, -0.1) is 11.3 Å². The molecular weight excluding hydrogens is 402 g/mol. The number of anilines is 1. The second-order valence-electron chi connectivity index (χ2n) is 6.99. The highest BCUT2D eigenvalue weighted by molar-refractivity contribution is 8.01. The average molecular weight is 426 g/mol. The summed E-state index contributed by atoms with van der Waals surface area (Å²) in [6.45, 7) is 2.68. The monoisotopic (exact) mass is 425 g/mol. The summed E-state index contributed by atoms with van der Waals surface area (Å²) in [4.78, 5) is 19.9. The van der Waals surface area contributed by atoms with Crippen molar-refractivity contribution in [2.24, 2.45) is 0 Å². The molecule has 0 spiro atoms. The standard InChI is InChI=1S/C22H23N3O2S2/c1-15-13-24-22(29-15)28-11-10-19-14-23-21(27)25(19)18-9-5-8-17(12-18)20(26)16-6-3-2-4-7-16/h2-9,12-13,19-20,26H,10-11,14H2,1H3,(H,23,27)/t19-,20?/m0/s1. The van der Waals surface area contributed by atoms with Gasteiger partial charge in [-0.1, -0.05) is 54.2 Å². The number of benzene rings is 2. The van der Waals surface area contributed by atoms with Gasteiger partial charge in [0.25, 0.3) is 0 Å². The first kappa shape index (κ1) is 19.9. The maximum absolute atomic E-state index is 12.5. The molecule has 3 aromatic rings. The van der Waals surface area contributed by atoms with E-state index in [-0.39, 0.29) is 12.1 Å². The van der Waals surface area contributed by atoms with Crippen LogP contribution in [-0.4, -0.2) is 34.5 Å². The number of aryl methyl sites for hydroxylation is 1. The van der Waals surface area contributed by atoms with E-state index in [1.165, 1.54) is 4.88 Å². The van der Waals surface area contributed by atoms with Gasteiger partial charge in [-0.3, -0.25) is 4.90 Å². The van der Waals surface area contributed by atoms with Gasteiger partial charge < -0.3 is 10.4 Å². The Morgan fingerprint density at radius 3 is 2.79 bits per heavy atom. The maximum Gasteiger partial charge on any atom is 0.322 e. The Balaban J connectivity index is 1.47. The SMILES string of the molecule is Cc1cnc(SCC[C@H]2CNC(=O)N2c2cccc(C(O)c3ccccc3)c2)s1. The van der Waals surface area contributed by atoms with E-state index in [0.29, 0.717) is 6.54 Å². The molecule has 0 bridgehead atoms. The summed E-state index contributed by atoms with van der Waals surface area (Å²) in [6.07, 6.45) is 2.04. The molecule has 150 valence electrons. The lowest BCUT2D eigenvalue weighted by Gasteiger charge is -2.24. The summed E-state index contributed by atoms with van der Waals surface area (Å²) in [6, 6.07) is 17.2. The number of hydrogen-bond donors (Lipinski definition) is 2. The maximum atomic E-state index is 12.5. The van der Waals surface area contributed by atoms with Gasteiger partial charge in [0, 0.05) is 29.1 Å². The summed E-state index contributed by atoms with van der Waals surface area (Å²) in [7, 11) is 0. The Morgan fingerprint density at radius 2 is 2.03 bits per heavy atom. The van der Waals surface area contributed by atoms with Gasteiger partial charge >= 0.3 is 6.03 Å². The van der Waals surface area contributed by atoms with Crippen LogP contribution in [0.25, 0.3) is 0 Å². The highest BCUT2D eigenvalue weighted by atomic mass is 32.2. The van der Waals surface area contributed by atoms with E-state index in [4.69, 9.17) is 0 Å². The first-order chi connectivity index (χ1) is 14.1. The molecule has 0 aliphatic carbocycles. The highest BCUT2D eigenvalue weighted by Gasteiger charge is 2.32. The van der Waals surface area contributed by atoms with Crippen molar-refractivity contribution in [1.29, 1.82) is 0 Å². The van der Waals surface area contributed by atoms with Gasteiger partial charge in [0.1, 0.15) is 10.4 Å². The summed E-state index contributed by atoms with van der Waals surface area (Å²) in [5.74, 6) is 0.898. The molecular formula is C22H23N3O2S2. The Kier molecular flexibility index (Phi) is 6.18. The molecule has 1 aliphatic heterocycles. The molecule has 1 fully saturated rings. The smallest absolute Gasteiger partial charge is 0.322 e. The topological polar surface area (TPSA) is 65.5 Å². The van der Waals surface area contributed by atoms with Crippen LogP contribution in [0.3, 0.4) is 0 Å². The number of carbonyl (C=O) groups excluding carboxylic acids is 1. The Labute approximate surface area is 178 Å². The largest absolute Gasteiger partial charge is 0.384 e. The molecule has 2 N–H and O–H groups in total. The van der Waals surface area contributed by atoms with Crippen molar-refractivity contribution in [3.05, 3.63) is 76.8 Å². The predicted molar refractivity (Wildman–Crippen MR) is 119 cm³/mol. The molecule has 2 amide bonds. The zero-order chi connectivity index (χ0) is 20.2. The first-order valence-corrected chi connectivity index (χ1v) is 11.4. The Bertz CT molecular complexity index is 977. The lowest BCUT2D eigenvalue weighted by Crippen LogP contribution is -2.34. The molecule has 0 radical (unpaired) electrons. The molecule has 1 unspecified atom stereocenters. The third-order valence-electron chi connectivity index (χ3n) is 4.93. The van der Waals surface area contributed by atoms with Crippen molar-refractivity contribution in [2.75, 3.05) is 17.2 Å². The molecule has 7 heteroatoms. The fourth-order valence-electron chi connectivity index (χ4n) is 3.46. The number of rotatable bonds is 7. The van der Waals surface area contributed by atoms with Crippen LogP contribution < -0.4 is 10.2 Å². The normalized spacial score (nSPS) is 17.4. The number of carbonyl (C=O) groups is 1. The van der Waals surface area contributed by atoms with E-state index in [0.717, 1.165) is 33.3 Å². The number of hydrogen-bond acceptors (Lipinski definition) is 5. The second-order valence-corrected chi connectivity index (χ2v) is 9.57. The number of urea groups is 1. The van der Waals surface area contributed by atoms with E-state index in [1.807, 2.05) is 65.7 Å². The van der Waals surface area contributed by atoms with Crippen LogP contribution in [0.15, 0.2) is 65.1 Å². The van der Waals surface area contributed by atoms with Crippen molar-refractivity contribution < 1.29 is 9.90 Å². The van der Waals surface area contributed by atoms with Gasteiger partial charge in [-0.25, -0.2) is 9.78 Å². The van der Waals surface area contributed by atoms with Gasteiger partial charge in [-0.2, -0.15) is 0 Å². The Hall–Kier alpha value is -2.35. The summed E-state index contributed by atoms with van der Waals surface area (Å²) >= 11 is 3.43. The van der Waals surface area contributed by atoms with Crippen LogP contribution in [0.1, 0.15) is 28.5 Å².